The minimum atomic E-state index is -4.31. The number of nitrogens with two attached hydrogens (primary N) is 1. The van der Waals surface area contributed by atoms with Crippen molar-refractivity contribution in [1.29, 1.82) is 0 Å². The number of sulfonamides is 1. The first kappa shape index (κ1) is 17.8. The average molecular weight is 322 g/mol. The number of nitrogen functional groups attached to an aromatic ring is 1. The van der Waals surface area contributed by atoms with E-state index in [1.165, 1.54) is 0 Å². The van der Waals surface area contributed by atoms with Crippen LogP contribution in [-0.4, -0.2) is 26.7 Å². The lowest BCUT2D eigenvalue weighted by Gasteiger charge is -2.16. The standard InChI is InChI=1S/C13H20F2N2O3S/c1-2-3-9(4-5-18)8-17-21(19,20)13-11(14)6-10(16)7-12(13)15/h6-7,9,17-18H,2-5,8,16H2,1H3. The minimum Gasteiger partial charge on any atom is -0.399 e. The van der Waals surface area contributed by atoms with Crippen molar-refractivity contribution in [3.05, 3.63) is 23.8 Å². The average Bonchev–Trinajstić information content (AvgIpc) is 2.35. The van der Waals surface area contributed by atoms with Crippen molar-refractivity contribution < 1.29 is 22.3 Å². The molecule has 1 aromatic rings. The number of benzene rings is 1. The maximum Gasteiger partial charge on any atom is 0.246 e. The lowest BCUT2D eigenvalue weighted by atomic mass is 10.0. The fourth-order valence-corrected chi connectivity index (χ4v) is 3.31. The number of hydrogen-bond acceptors (Lipinski definition) is 4. The zero-order valence-corrected chi connectivity index (χ0v) is 12.6. The molecule has 120 valence electrons. The zero-order chi connectivity index (χ0) is 16.0. The molecule has 0 spiro atoms. The molecule has 5 nitrogen and oxygen atoms in total. The normalized spacial score (nSPS) is 13.3. The van der Waals surface area contributed by atoms with Crippen LogP contribution < -0.4 is 10.5 Å². The van der Waals surface area contributed by atoms with Crippen molar-refractivity contribution in [3.8, 4) is 0 Å². The van der Waals surface area contributed by atoms with Gasteiger partial charge >= 0.3 is 0 Å². The maximum absolute atomic E-state index is 13.6. The first-order valence-electron chi connectivity index (χ1n) is 6.66. The van der Waals surface area contributed by atoms with Crippen LogP contribution in [0.4, 0.5) is 14.5 Å². The van der Waals surface area contributed by atoms with Crippen LogP contribution in [0.2, 0.25) is 0 Å². The van der Waals surface area contributed by atoms with Crippen LogP contribution in [0.3, 0.4) is 0 Å². The van der Waals surface area contributed by atoms with Gasteiger partial charge in [0.15, 0.2) is 4.90 Å². The van der Waals surface area contributed by atoms with Gasteiger partial charge in [-0.1, -0.05) is 13.3 Å². The van der Waals surface area contributed by atoms with E-state index in [1.54, 1.807) is 0 Å². The van der Waals surface area contributed by atoms with Crippen LogP contribution in [-0.2, 0) is 10.0 Å². The third-order valence-electron chi connectivity index (χ3n) is 3.09. The molecule has 0 aliphatic heterocycles. The van der Waals surface area contributed by atoms with Crippen molar-refractivity contribution in [3.63, 3.8) is 0 Å². The number of halogens is 2. The van der Waals surface area contributed by atoms with Gasteiger partial charge in [-0.3, -0.25) is 0 Å². The fourth-order valence-electron chi connectivity index (χ4n) is 2.08. The van der Waals surface area contributed by atoms with Crippen LogP contribution >= 0.6 is 0 Å². The van der Waals surface area contributed by atoms with E-state index >= 15 is 0 Å². The molecule has 0 aromatic heterocycles. The molecule has 0 heterocycles. The maximum atomic E-state index is 13.6. The quantitative estimate of drug-likeness (QED) is 0.634. The molecule has 1 rings (SSSR count). The van der Waals surface area contributed by atoms with Crippen molar-refractivity contribution in [2.75, 3.05) is 18.9 Å². The van der Waals surface area contributed by atoms with E-state index in [1.807, 2.05) is 6.92 Å². The lowest BCUT2D eigenvalue weighted by Crippen LogP contribution is -2.31. The van der Waals surface area contributed by atoms with Crippen LogP contribution in [0, 0.1) is 17.6 Å². The predicted octanol–water partition coefficient (Wildman–Crippen LogP) is 1.62. The Morgan fingerprint density at radius 2 is 1.86 bits per heavy atom. The highest BCUT2D eigenvalue weighted by molar-refractivity contribution is 7.89. The Hall–Kier alpha value is -1.25. The van der Waals surface area contributed by atoms with E-state index in [0.717, 1.165) is 18.6 Å². The first-order valence-corrected chi connectivity index (χ1v) is 8.15. The predicted molar refractivity (Wildman–Crippen MR) is 76.1 cm³/mol. The van der Waals surface area contributed by atoms with Crippen LogP contribution in [0.5, 0.6) is 0 Å². The Labute approximate surface area is 123 Å². The van der Waals surface area contributed by atoms with E-state index in [0.29, 0.717) is 12.8 Å². The highest BCUT2D eigenvalue weighted by Gasteiger charge is 2.25. The van der Waals surface area contributed by atoms with E-state index < -0.39 is 26.6 Å². The summed E-state index contributed by atoms with van der Waals surface area (Å²) in [5, 5.41) is 8.92. The van der Waals surface area contributed by atoms with Gasteiger partial charge in [-0.15, -0.1) is 0 Å². The summed E-state index contributed by atoms with van der Waals surface area (Å²) in [7, 11) is -4.31. The summed E-state index contributed by atoms with van der Waals surface area (Å²) in [6.45, 7) is 1.87. The van der Waals surface area contributed by atoms with E-state index in [9.17, 15) is 17.2 Å². The minimum absolute atomic E-state index is 0.0139. The first-order chi connectivity index (χ1) is 9.81. The van der Waals surface area contributed by atoms with E-state index in [4.69, 9.17) is 10.8 Å². The van der Waals surface area contributed by atoms with Crippen LogP contribution in [0.15, 0.2) is 17.0 Å². The second-order valence-corrected chi connectivity index (χ2v) is 6.54. The number of hydrogen-bond donors (Lipinski definition) is 3. The summed E-state index contributed by atoms with van der Waals surface area (Å²) in [5.41, 5.74) is 5.06. The fraction of sp³-hybridized carbons (Fsp3) is 0.538. The van der Waals surface area contributed by atoms with E-state index in [-0.39, 0.29) is 24.8 Å². The monoisotopic (exact) mass is 322 g/mol. The summed E-state index contributed by atoms with van der Waals surface area (Å²) in [6.07, 6.45) is 1.94. The molecule has 0 saturated heterocycles. The summed E-state index contributed by atoms with van der Waals surface area (Å²) in [6, 6.07) is 1.52. The van der Waals surface area contributed by atoms with Gasteiger partial charge in [0, 0.05) is 18.8 Å². The molecular formula is C13H20F2N2O3S. The largest absolute Gasteiger partial charge is 0.399 e. The Morgan fingerprint density at radius 3 is 2.33 bits per heavy atom. The molecule has 21 heavy (non-hydrogen) atoms. The van der Waals surface area contributed by atoms with Crippen molar-refractivity contribution in [2.24, 2.45) is 5.92 Å². The number of aliphatic hydroxyl groups excluding tert-OH is 1. The molecule has 1 unspecified atom stereocenters. The van der Waals surface area contributed by atoms with Crippen molar-refractivity contribution >= 4 is 15.7 Å². The van der Waals surface area contributed by atoms with Gasteiger partial charge < -0.3 is 10.8 Å². The number of nitrogens with one attached hydrogen (secondary N) is 1. The summed E-state index contributed by atoms with van der Waals surface area (Å²) < 4.78 is 53.5. The molecule has 1 aromatic carbocycles. The van der Waals surface area contributed by atoms with Gasteiger partial charge in [-0.25, -0.2) is 21.9 Å². The highest BCUT2D eigenvalue weighted by Crippen LogP contribution is 2.22. The van der Waals surface area contributed by atoms with Crippen molar-refractivity contribution in [2.45, 2.75) is 31.1 Å². The molecule has 0 aliphatic carbocycles. The topological polar surface area (TPSA) is 92.4 Å². The smallest absolute Gasteiger partial charge is 0.246 e. The third-order valence-corrected chi connectivity index (χ3v) is 4.56. The Bertz CT molecular complexity index is 550. The second-order valence-electron chi connectivity index (χ2n) is 4.83. The highest BCUT2D eigenvalue weighted by atomic mass is 32.2. The zero-order valence-electron chi connectivity index (χ0n) is 11.8. The molecule has 0 aliphatic rings. The van der Waals surface area contributed by atoms with Gasteiger partial charge in [0.25, 0.3) is 0 Å². The summed E-state index contributed by atoms with van der Waals surface area (Å²) in [5.74, 6) is -2.54. The molecule has 0 radical (unpaired) electrons. The number of anilines is 1. The second kappa shape index (κ2) is 7.67. The molecule has 0 saturated carbocycles. The third kappa shape index (κ3) is 4.90. The van der Waals surface area contributed by atoms with Crippen molar-refractivity contribution in [1.82, 2.24) is 4.72 Å². The molecule has 0 bridgehead atoms. The SMILES string of the molecule is CCCC(CCO)CNS(=O)(=O)c1c(F)cc(N)cc1F. The molecule has 0 fully saturated rings. The van der Waals surface area contributed by atoms with Crippen LogP contribution in [0.1, 0.15) is 26.2 Å². The van der Waals surface area contributed by atoms with E-state index in [2.05, 4.69) is 4.72 Å². The summed E-state index contributed by atoms with van der Waals surface area (Å²) in [4.78, 5) is -1.03. The lowest BCUT2D eigenvalue weighted by molar-refractivity contribution is 0.251. The number of aliphatic hydroxyl groups is 1. The Balaban J connectivity index is 2.92. The van der Waals surface area contributed by atoms with Gasteiger partial charge in [-0.05, 0) is 30.9 Å². The molecule has 0 amide bonds. The molecule has 8 heteroatoms. The molecular weight excluding hydrogens is 302 g/mol. The molecule has 1 atom stereocenters. The summed E-state index contributed by atoms with van der Waals surface area (Å²) >= 11 is 0. The van der Waals surface area contributed by atoms with Crippen LogP contribution in [0.25, 0.3) is 0 Å². The van der Waals surface area contributed by atoms with Gasteiger partial charge in [0.2, 0.25) is 10.0 Å². The number of rotatable bonds is 8. The van der Waals surface area contributed by atoms with Gasteiger partial charge in [-0.2, -0.15) is 0 Å². The Kier molecular flexibility index (Phi) is 6.50. The van der Waals surface area contributed by atoms with Gasteiger partial charge in [0.05, 0.1) is 0 Å². The Morgan fingerprint density at radius 1 is 1.29 bits per heavy atom. The molecule has 4 N–H and O–H groups in total. The van der Waals surface area contributed by atoms with Gasteiger partial charge in [0.1, 0.15) is 11.6 Å².